The smallest absolute Gasteiger partial charge is 0.0969 e. The lowest BCUT2D eigenvalue weighted by Gasteiger charge is -2.04. The summed E-state index contributed by atoms with van der Waals surface area (Å²) in [5, 5.41) is 10.9. The van der Waals surface area contributed by atoms with Crippen LogP contribution < -0.4 is 5.32 Å². The first-order chi connectivity index (χ1) is 8.40. The Balaban J connectivity index is 2.04. The normalized spacial score (nSPS) is 15.1. The molecule has 4 heteroatoms. The number of hydrogen-bond acceptors (Lipinski definition) is 3. The Labute approximate surface area is 100 Å². The van der Waals surface area contributed by atoms with Gasteiger partial charge in [0.05, 0.1) is 5.69 Å². The zero-order chi connectivity index (χ0) is 11.7. The Bertz CT molecular complexity index is 499. The molecule has 0 spiro atoms. The molecule has 1 aliphatic rings. The van der Waals surface area contributed by atoms with Crippen molar-refractivity contribution in [2.45, 2.75) is 25.3 Å². The van der Waals surface area contributed by atoms with E-state index in [4.69, 9.17) is 0 Å². The first kappa shape index (κ1) is 10.5. The molecule has 0 saturated heterocycles. The van der Waals surface area contributed by atoms with E-state index in [2.05, 4.69) is 20.5 Å². The molecule has 1 saturated carbocycles. The molecule has 2 aromatic rings. The van der Waals surface area contributed by atoms with Gasteiger partial charge in [0, 0.05) is 41.7 Å². The third kappa shape index (κ3) is 1.96. The van der Waals surface area contributed by atoms with Gasteiger partial charge in [-0.2, -0.15) is 5.10 Å². The van der Waals surface area contributed by atoms with Crippen molar-refractivity contribution in [3.05, 3.63) is 35.8 Å². The highest BCUT2D eigenvalue weighted by Gasteiger charge is 2.29. The van der Waals surface area contributed by atoms with Gasteiger partial charge in [-0.3, -0.25) is 10.1 Å². The van der Waals surface area contributed by atoms with E-state index in [1.165, 1.54) is 24.1 Å². The van der Waals surface area contributed by atoms with Gasteiger partial charge in [0.25, 0.3) is 0 Å². The van der Waals surface area contributed by atoms with Crippen LogP contribution >= 0.6 is 0 Å². The van der Waals surface area contributed by atoms with E-state index in [9.17, 15) is 0 Å². The molecule has 0 radical (unpaired) electrons. The fraction of sp³-hybridized carbons (Fsp3) is 0.385. The molecule has 1 aliphatic carbocycles. The summed E-state index contributed by atoms with van der Waals surface area (Å²) in [4.78, 5) is 4.05. The SMILES string of the molecule is CNCc1c(-c2ccncc2)n[nH]c1C1CC1. The fourth-order valence-electron chi connectivity index (χ4n) is 2.19. The zero-order valence-corrected chi connectivity index (χ0v) is 9.90. The van der Waals surface area contributed by atoms with Crippen molar-refractivity contribution in [1.82, 2.24) is 20.5 Å². The molecule has 2 N–H and O–H groups in total. The molecule has 4 nitrogen and oxygen atoms in total. The van der Waals surface area contributed by atoms with E-state index in [1.807, 2.05) is 31.6 Å². The summed E-state index contributed by atoms with van der Waals surface area (Å²) < 4.78 is 0. The van der Waals surface area contributed by atoms with Gasteiger partial charge in [0.15, 0.2) is 0 Å². The quantitative estimate of drug-likeness (QED) is 0.842. The van der Waals surface area contributed by atoms with Gasteiger partial charge >= 0.3 is 0 Å². The number of nitrogens with zero attached hydrogens (tertiary/aromatic N) is 2. The van der Waals surface area contributed by atoms with E-state index >= 15 is 0 Å². The first-order valence-electron chi connectivity index (χ1n) is 6.02. The van der Waals surface area contributed by atoms with Crippen LogP contribution in [0, 0.1) is 0 Å². The fourth-order valence-corrected chi connectivity index (χ4v) is 2.19. The average Bonchev–Trinajstić information content (AvgIpc) is 3.13. The van der Waals surface area contributed by atoms with E-state index in [0.29, 0.717) is 5.92 Å². The highest BCUT2D eigenvalue weighted by molar-refractivity contribution is 5.63. The molecule has 0 bridgehead atoms. The molecule has 0 aliphatic heterocycles. The Morgan fingerprint density at radius 3 is 2.76 bits per heavy atom. The second-order valence-electron chi connectivity index (χ2n) is 4.50. The number of rotatable bonds is 4. The monoisotopic (exact) mass is 228 g/mol. The van der Waals surface area contributed by atoms with Crippen molar-refractivity contribution < 1.29 is 0 Å². The Morgan fingerprint density at radius 2 is 2.12 bits per heavy atom. The van der Waals surface area contributed by atoms with E-state index < -0.39 is 0 Å². The lowest BCUT2D eigenvalue weighted by atomic mass is 10.0. The summed E-state index contributed by atoms with van der Waals surface area (Å²) in [7, 11) is 1.97. The minimum absolute atomic E-state index is 0.696. The van der Waals surface area contributed by atoms with Crippen molar-refractivity contribution in [2.24, 2.45) is 0 Å². The predicted molar refractivity (Wildman–Crippen MR) is 66.6 cm³/mol. The molecule has 17 heavy (non-hydrogen) atoms. The van der Waals surface area contributed by atoms with E-state index in [-0.39, 0.29) is 0 Å². The third-order valence-corrected chi connectivity index (χ3v) is 3.19. The van der Waals surface area contributed by atoms with Crippen LogP contribution in [-0.2, 0) is 6.54 Å². The highest BCUT2D eigenvalue weighted by atomic mass is 15.1. The number of aromatic nitrogens is 3. The summed E-state index contributed by atoms with van der Waals surface area (Å²) in [6.45, 7) is 0.861. The summed E-state index contributed by atoms with van der Waals surface area (Å²) >= 11 is 0. The predicted octanol–water partition coefficient (Wildman–Crippen LogP) is 2.07. The molecule has 1 fully saturated rings. The third-order valence-electron chi connectivity index (χ3n) is 3.19. The van der Waals surface area contributed by atoms with Crippen LogP contribution in [-0.4, -0.2) is 22.2 Å². The number of H-pyrrole nitrogens is 1. The standard InChI is InChI=1S/C13H16N4/c1-14-8-11-12(9-2-3-9)16-17-13(11)10-4-6-15-7-5-10/h4-7,9,14H,2-3,8H2,1H3,(H,16,17). The van der Waals surface area contributed by atoms with E-state index in [0.717, 1.165) is 17.8 Å². The van der Waals surface area contributed by atoms with Crippen molar-refractivity contribution in [3.63, 3.8) is 0 Å². The van der Waals surface area contributed by atoms with Crippen LogP contribution in [0.25, 0.3) is 11.3 Å². The second-order valence-corrected chi connectivity index (χ2v) is 4.50. The highest BCUT2D eigenvalue weighted by Crippen LogP contribution is 2.42. The van der Waals surface area contributed by atoms with Crippen molar-refractivity contribution in [1.29, 1.82) is 0 Å². The van der Waals surface area contributed by atoms with Gasteiger partial charge in [-0.15, -0.1) is 0 Å². The van der Waals surface area contributed by atoms with Crippen LogP contribution in [0.1, 0.15) is 30.0 Å². The van der Waals surface area contributed by atoms with Crippen molar-refractivity contribution >= 4 is 0 Å². The van der Waals surface area contributed by atoms with Crippen LogP contribution in [0.4, 0.5) is 0 Å². The Kier molecular flexibility index (Phi) is 2.65. The van der Waals surface area contributed by atoms with Gasteiger partial charge in [-0.05, 0) is 32.0 Å². The lowest BCUT2D eigenvalue weighted by Crippen LogP contribution is -2.07. The van der Waals surface area contributed by atoms with E-state index in [1.54, 1.807) is 0 Å². The Hall–Kier alpha value is -1.68. The molecule has 0 amide bonds. The van der Waals surface area contributed by atoms with Crippen LogP contribution in [0.15, 0.2) is 24.5 Å². The zero-order valence-electron chi connectivity index (χ0n) is 9.90. The van der Waals surface area contributed by atoms with Gasteiger partial charge < -0.3 is 5.32 Å². The average molecular weight is 228 g/mol. The maximum Gasteiger partial charge on any atom is 0.0969 e. The molecule has 3 rings (SSSR count). The maximum absolute atomic E-state index is 4.47. The van der Waals surface area contributed by atoms with Gasteiger partial charge in [-0.1, -0.05) is 0 Å². The van der Waals surface area contributed by atoms with Gasteiger partial charge in [0.2, 0.25) is 0 Å². The maximum atomic E-state index is 4.47. The second kappa shape index (κ2) is 4.30. The summed E-state index contributed by atoms with van der Waals surface area (Å²) in [6, 6.07) is 4.01. The van der Waals surface area contributed by atoms with Gasteiger partial charge in [-0.25, -0.2) is 0 Å². The van der Waals surface area contributed by atoms with Crippen LogP contribution in [0.3, 0.4) is 0 Å². The summed E-state index contributed by atoms with van der Waals surface area (Å²) in [6.07, 6.45) is 6.19. The van der Waals surface area contributed by atoms with Gasteiger partial charge in [0.1, 0.15) is 0 Å². The number of pyridine rings is 1. The number of aromatic amines is 1. The Morgan fingerprint density at radius 1 is 1.35 bits per heavy atom. The molecule has 2 heterocycles. The molecule has 0 unspecified atom stereocenters. The van der Waals surface area contributed by atoms with Crippen LogP contribution in [0.5, 0.6) is 0 Å². The number of nitrogens with one attached hydrogen (secondary N) is 2. The molecule has 2 aromatic heterocycles. The van der Waals surface area contributed by atoms with Crippen molar-refractivity contribution in [3.8, 4) is 11.3 Å². The summed E-state index contributed by atoms with van der Waals surface area (Å²) in [5.41, 5.74) is 4.81. The molecule has 88 valence electrons. The largest absolute Gasteiger partial charge is 0.316 e. The molecular formula is C13H16N4. The minimum Gasteiger partial charge on any atom is -0.316 e. The number of hydrogen-bond donors (Lipinski definition) is 2. The minimum atomic E-state index is 0.696. The first-order valence-corrected chi connectivity index (χ1v) is 6.02. The summed E-state index contributed by atoms with van der Waals surface area (Å²) in [5.74, 6) is 0.696. The molecule has 0 aromatic carbocycles. The topological polar surface area (TPSA) is 53.6 Å². The van der Waals surface area contributed by atoms with Crippen molar-refractivity contribution in [2.75, 3.05) is 7.05 Å². The van der Waals surface area contributed by atoms with Crippen LogP contribution in [0.2, 0.25) is 0 Å². The molecule has 0 atom stereocenters. The lowest BCUT2D eigenvalue weighted by molar-refractivity contribution is 0.803. The molecular weight excluding hydrogens is 212 g/mol.